The van der Waals surface area contributed by atoms with Crippen molar-refractivity contribution in [2.24, 2.45) is 0 Å². The second-order valence-electron chi connectivity index (χ2n) is 4.98. The van der Waals surface area contributed by atoms with Crippen LogP contribution in [0.4, 0.5) is 0 Å². The van der Waals surface area contributed by atoms with E-state index < -0.39 is 0 Å². The number of quaternary nitrogens is 1. The van der Waals surface area contributed by atoms with E-state index in [0.717, 1.165) is 0 Å². The van der Waals surface area contributed by atoms with Gasteiger partial charge >= 0.3 is 0 Å². The molecule has 1 unspecified atom stereocenters. The van der Waals surface area contributed by atoms with Crippen LogP contribution in [0.3, 0.4) is 0 Å². The van der Waals surface area contributed by atoms with Gasteiger partial charge in [0.05, 0.1) is 6.20 Å². The van der Waals surface area contributed by atoms with E-state index in [1.54, 1.807) is 0 Å². The summed E-state index contributed by atoms with van der Waals surface area (Å²) < 4.78 is 0. The molecule has 0 aliphatic carbocycles. The molecule has 1 heteroatoms. The first-order chi connectivity index (χ1) is 9.33. The zero-order valence-electron chi connectivity index (χ0n) is 11.1. The minimum absolute atomic E-state index is 0.377. The highest BCUT2D eigenvalue weighted by Gasteiger charge is 2.15. The van der Waals surface area contributed by atoms with Gasteiger partial charge in [-0.25, -0.2) is 0 Å². The molecule has 0 amide bonds. The minimum Gasteiger partial charge on any atom is -0.311 e. The van der Waals surface area contributed by atoms with E-state index >= 15 is 0 Å². The first-order valence-electron chi connectivity index (χ1n) is 6.68. The van der Waals surface area contributed by atoms with Crippen molar-refractivity contribution in [1.29, 1.82) is 0 Å². The Kier molecular flexibility index (Phi) is 3.30. The fourth-order valence-electron chi connectivity index (χ4n) is 2.48. The number of allylic oxidation sites excluding steroid dienone is 2. The molecule has 0 aromatic heterocycles. The summed E-state index contributed by atoms with van der Waals surface area (Å²) in [4.78, 5) is 0. The van der Waals surface area contributed by atoms with Crippen molar-refractivity contribution in [2.45, 2.75) is 13.0 Å². The van der Waals surface area contributed by atoms with Crippen LogP contribution in [0.15, 0.2) is 72.9 Å². The van der Waals surface area contributed by atoms with E-state index in [2.05, 4.69) is 85.2 Å². The highest BCUT2D eigenvalue weighted by Crippen LogP contribution is 2.23. The third-order valence-corrected chi connectivity index (χ3v) is 3.49. The number of aryl methyl sites for hydroxylation is 1. The van der Waals surface area contributed by atoms with Crippen LogP contribution in [0.5, 0.6) is 0 Å². The molecule has 19 heavy (non-hydrogen) atoms. The van der Waals surface area contributed by atoms with Gasteiger partial charge in [0.15, 0.2) is 0 Å². The lowest BCUT2D eigenvalue weighted by Crippen LogP contribution is -2.79. The van der Waals surface area contributed by atoms with Crippen LogP contribution < -0.4 is 5.32 Å². The van der Waals surface area contributed by atoms with Gasteiger partial charge in [0.25, 0.3) is 0 Å². The van der Waals surface area contributed by atoms with Crippen LogP contribution >= 0.6 is 0 Å². The summed E-state index contributed by atoms with van der Waals surface area (Å²) in [6, 6.07) is 19.7. The highest BCUT2D eigenvalue weighted by molar-refractivity contribution is 5.75. The molecule has 1 heterocycles. The molecule has 0 radical (unpaired) electrons. The van der Waals surface area contributed by atoms with Gasteiger partial charge in [0.2, 0.25) is 0 Å². The van der Waals surface area contributed by atoms with E-state index in [-0.39, 0.29) is 0 Å². The Morgan fingerprint density at radius 1 is 0.947 bits per heavy atom. The zero-order chi connectivity index (χ0) is 13.1. The lowest BCUT2D eigenvalue weighted by molar-refractivity contribution is -0.622. The summed E-state index contributed by atoms with van der Waals surface area (Å²) in [6.07, 6.45) is 6.69. The molecule has 0 fully saturated rings. The molecule has 0 saturated heterocycles. The molecule has 1 aliphatic heterocycles. The standard InChI is InChI=1S/C18H17N/c1-14-6-5-9-16(12-14)17-10-11-19-18(13-17)15-7-3-2-4-8-15/h2-13,18-19H,1H3/p+1. The quantitative estimate of drug-likeness (QED) is 0.840. The van der Waals surface area contributed by atoms with Gasteiger partial charge in [0.1, 0.15) is 6.04 Å². The smallest absolute Gasteiger partial charge is 0.135 e. The summed E-state index contributed by atoms with van der Waals surface area (Å²) in [5, 5.41) is 2.24. The zero-order valence-corrected chi connectivity index (χ0v) is 11.1. The Balaban J connectivity index is 1.94. The van der Waals surface area contributed by atoms with Crippen LogP contribution in [0.25, 0.3) is 5.57 Å². The molecule has 1 atom stereocenters. The summed E-state index contributed by atoms with van der Waals surface area (Å²) >= 11 is 0. The van der Waals surface area contributed by atoms with Crippen molar-refractivity contribution < 1.29 is 5.32 Å². The maximum Gasteiger partial charge on any atom is 0.135 e. The van der Waals surface area contributed by atoms with Gasteiger partial charge in [-0.15, -0.1) is 0 Å². The number of rotatable bonds is 2. The molecule has 0 bridgehead atoms. The highest BCUT2D eigenvalue weighted by atomic mass is 14.9. The molecule has 3 rings (SSSR count). The first-order valence-corrected chi connectivity index (χ1v) is 6.68. The van der Waals surface area contributed by atoms with Crippen molar-refractivity contribution in [1.82, 2.24) is 0 Å². The van der Waals surface area contributed by atoms with E-state index in [1.165, 1.54) is 22.3 Å². The van der Waals surface area contributed by atoms with Gasteiger partial charge < -0.3 is 5.32 Å². The second-order valence-corrected chi connectivity index (χ2v) is 4.98. The van der Waals surface area contributed by atoms with Crippen molar-refractivity contribution in [3.05, 3.63) is 89.6 Å². The third-order valence-electron chi connectivity index (χ3n) is 3.49. The van der Waals surface area contributed by atoms with Crippen LogP contribution in [0, 0.1) is 6.92 Å². The fourth-order valence-corrected chi connectivity index (χ4v) is 2.48. The molecular formula is C18H18N+. The van der Waals surface area contributed by atoms with Crippen molar-refractivity contribution in [2.75, 3.05) is 0 Å². The van der Waals surface area contributed by atoms with E-state index in [0.29, 0.717) is 6.04 Å². The number of hydrogen-bond acceptors (Lipinski definition) is 0. The Labute approximate surface area is 114 Å². The summed E-state index contributed by atoms with van der Waals surface area (Å²) in [5.74, 6) is 0. The van der Waals surface area contributed by atoms with Crippen LogP contribution in [-0.4, -0.2) is 0 Å². The van der Waals surface area contributed by atoms with Crippen molar-refractivity contribution in [3.63, 3.8) is 0 Å². The number of benzene rings is 2. The minimum atomic E-state index is 0.377. The molecular weight excluding hydrogens is 230 g/mol. The normalized spacial score (nSPS) is 18.2. The Morgan fingerprint density at radius 3 is 2.58 bits per heavy atom. The molecule has 0 saturated carbocycles. The molecule has 94 valence electrons. The van der Waals surface area contributed by atoms with Gasteiger partial charge in [-0.2, -0.15) is 0 Å². The van der Waals surface area contributed by atoms with E-state index in [9.17, 15) is 0 Å². The SMILES string of the molecule is Cc1cccc(C2=CC(c3ccccc3)[NH2+]C=C2)c1. The van der Waals surface area contributed by atoms with Crippen LogP contribution in [0.1, 0.15) is 22.7 Å². The predicted octanol–water partition coefficient (Wildman–Crippen LogP) is 3.21. The summed E-state index contributed by atoms with van der Waals surface area (Å²) in [5.41, 5.74) is 5.25. The molecule has 0 spiro atoms. The Morgan fingerprint density at radius 2 is 1.79 bits per heavy atom. The Hall–Kier alpha value is -2.12. The largest absolute Gasteiger partial charge is 0.311 e. The first kappa shape index (κ1) is 11.9. The maximum absolute atomic E-state index is 2.34. The van der Waals surface area contributed by atoms with Gasteiger partial charge in [-0.1, -0.05) is 60.2 Å². The van der Waals surface area contributed by atoms with Crippen molar-refractivity contribution >= 4 is 5.57 Å². The van der Waals surface area contributed by atoms with Crippen LogP contribution in [0.2, 0.25) is 0 Å². The van der Waals surface area contributed by atoms with Crippen LogP contribution in [-0.2, 0) is 0 Å². The average molecular weight is 248 g/mol. The molecule has 1 aliphatic rings. The second kappa shape index (κ2) is 5.25. The Bertz CT molecular complexity index is 623. The topological polar surface area (TPSA) is 16.6 Å². The third kappa shape index (κ3) is 2.67. The van der Waals surface area contributed by atoms with Crippen molar-refractivity contribution in [3.8, 4) is 0 Å². The van der Waals surface area contributed by atoms with E-state index in [1.807, 2.05) is 0 Å². The molecule has 2 N–H and O–H groups in total. The van der Waals surface area contributed by atoms with E-state index in [4.69, 9.17) is 0 Å². The predicted molar refractivity (Wildman–Crippen MR) is 79.4 cm³/mol. The number of hydrogen-bond donors (Lipinski definition) is 1. The summed E-state index contributed by atoms with van der Waals surface area (Å²) in [7, 11) is 0. The molecule has 2 aromatic rings. The summed E-state index contributed by atoms with van der Waals surface area (Å²) in [6.45, 7) is 2.14. The van der Waals surface area contributed by atoms with Gasteiger partial charge in [-0.05, 0) is 30.2 Å². The van der Waals surface area contributed by atoms with Gasteiger partial charge in [0, 0.05) is 5.56 Å². The molecule has 1 nitrogen and oxygen atoms in total. The lowest BCUT2D eigenvalue weighted by atomic mass is 9.96. The average Bonchev–Trinajstić information content (AvgIpc) is 2.48. The maximum atomic E-state index is 2.34. The van der Waals surface area contributed by atoms with Gasteiger partial charge in [-0.3, -0.25) is 0 Å². The fraction of sp³-hybridized carbons (Fsp3) is 0.111. The monoisotopic (exact) mass is 248 g/mol. The lowest BCUT2D eigenvalue weighted by Gasteiger charge is -2.15. The number of nitrogens with two attached hydrogens (primary N) is 1. The molecule has 2 aromatic carbocycles.